The normalized spacial score (nSPS) is 10.5. The van der Waals surface area contributed by atoms with Crippen molar-refractivity contribution in [3.05, 3.63) is 23.3 Å². The van der Waals surface area contributed by atoms with Crippen molar-refractivity contribution < 1.29 is 24.5 Å². The van der Waals surface area contributed by atoms with Gasteiger partial charge in [0, 0.05) is 11.6 Å². The van der Waals surface area contributed by atoms with Crippen molar-refractivity contribution in [3.63, 3.8) is 0 Å². The maximum absolute atomic E-state index is 10.5. The van der Waals surface area contributed by atoms with Gasteiger partial charge in [0.15, 0.2) is 11.5 Å². The number of hydrogen-bond acceptors (Lipinski definition) is 4. The Balaban J connectivity index is 3.36. The van der Waals surface area contributed by atoms with Gasteiger partial charge >= 0.3 is 5.97 Å². The molecule has 5 nitrogen and oxygen atoms in total. The molecule has 0 spiro atoms. The van der Waals surface area contributed by atoms with Crippen LogP contribution in [0.4, 0.5) is 0 Å². The maximum atomic E-state index is 10.5. The predicted octanol–water partition coefficient (Wildman–Crippen LogP) is 1.82. The number of phenolic OH excluding ortho intramolecular Hbond substituents is 1. The molecule has 0 saturated carbocycles. The molecule has 17 heavy (non-hydrogen) atoms. The van der Waals surface area contributed by atoms with Crippen LogP contribution >= 0.6 is 0 Å². The Morgan fingerprint density at radius 2 is 2.00 bits per heavy atom. The van der Waals surface area contributed by atoms with Crippen LogP contribution in [0.25, 0.3) is 6.08 Å². The number of hydrogen-bond donors (Lipinski definition) is 2. The average molecular weight is 238 g/mol. The quantitative estimate of drug-likeness (QED) is 0.782. The minimum Gasteiger partial charge on any atom is -0.502 e. The van der Waals surface area contributed by atoms with E-state index in [1.807, 2.05) is 0 Å². The van der Waals surface area contributed by atoms with Crippen LogP contribution in [0.5, 0.6) is 17.2 Å². The molecule has 0 fully saturated rings. The topological polar surface area (TPSA) is 76.0 Å². The Kier molecular flexibility index (Phi) is 3.98. The minimum absolute atomic E-state index is 0.0972. The van der Waals surface area contributed by atoms with E-state index in [-0.39, 0.29) is 17.2 Å². The van der Waals surface area contributed by atoms with Crippen LogP contribution in [0.1, 0.15) is 11.1 Å². The molecule has 0 amide bonds. The number of aromatic hydroxyl groups is 1. The highest BCUT2D eigenvalue weighted by Crippen LogP contribution is 2.40. The maximum Gasteiger partial charge on any atom is 0.328 e. The molecule has 2 N–H and O–H groups in total. The molecule has 0 radical (unpaired) electrons. The summed E-state index contributed by atoms with van der Waals surface area (Å²) in [5, 5.41) is 18.4. The van der Waals surface area contributed by atoms with E-state index in [2.05, 4.69) is 0 Å². The van der Waals surface area contributed by atoms with E-state index in [9.17, 15) is 9.90 Å². The van der Waals surface area contributed by atoms with Crippen LogP contribution in [0.15, 0.2) is 12.1 Å². The third-order valence-electron chi connectivity index (χ3n) is 2.34. The molecule has 0 saturated heterocycles. The Morgan fingerprint density at radius 1 is 1.35 bits per heavy atom. The fourth-order valence-electron chi connectivity index (χ4n) is 1.48. The van der Waals surface area contributed by atoms with Gasteiger partial charge < -0.3 is 19.7 Å². The van der Waals surface area contributed by atoms with Gasteiger partial charge in [-0.1, -0.05) is 0 Å². The molecule has 0 unspecified atom stereocenters. The van der Waals surface area contributed by atoms with Crippen molar-refractivity contribution >= 4 is 12.0 Å². The molecule has 0 atom stereocenters. The molecule has 1 aromatic carbocycles. The van der Waals surface area contributed by atoms with Crippen molar-refractivity contribution in [3.8, 4) is 17.2 Å². The van der Waals surface area contributed by atoms with Crippen LogP contribution in [0.3, 0.4) is 0 Å². The summed E-state index contributed by atoms with van der Waals surface area (Å²) >= 11 is 0. The van der Waals surface area contributed by atoms with Crippen molar-refractivity contribution in [2.75, 3.05) is 14.2 Å². The Hall–Kier alpha value is -2.17. The van der Waals surface area contributed by atoms with Crippen LogP contribution in [0, 0.1) is 6.92 Å². The zero-order valence-corrected chi connectivity index (χ0v) is 9.85. The number of phenols is 1. The fraction of sp³-hybridized carbons (Fsp3) is 0.250. The highest BCUT2D eigenvalue weighted by atomic mass is 16.5. The second kappa shape index (κ2) is 5.25. The summed E-state index contributed by atoms with van der Waals surface area (Å²) in [5.41, 5.74) is 1.25. The van der Waals surface area contributed by atoms with E-state index >= 15 is 0 Å². The number of carboxylic acid groups (broad SMARTS) is 1. The number of rotatable bonds is 4. The molecule has 0 aliphatic heterocycles. The first-order valence-electron chi connectivity index (χ1n) is 4.86. The van der Waals surface area contributed by atoms with E-state index in [1.165, 1.54) is 20.3 Å². The lowest BCUT2D eigenvalue weighted by Crippen LogP contribution is -1.95. The number of ether oxygens (including phenoxy) is 2. The first-order chi connectivity index (χ1) is 8.01. The summed E-state index contributed by atoms with van der Waals surface area (Å²) < 4.78 is 10.0. The lowest BCUT2D eigenvalue weighted by atomic mass is 10.1. The van der Waals surface area contributed by atoms with Gasteiger partial charge in [-0.2, -0.15) is 0 Å². The van der Waals surface area contributed by atoms with Crippen LogP contribution in [-0.4, -0.2) is 30.4 Å². The fourth-order valence-corrected chi connectivity index (χ4v) is 1.48. The summed E-state index contributed by atoms with van der Waals surface area (Å²) in [7, 11) is 2.83. The number of carbonyl (C=O) groups is 1. The number of aliphatic carboxylic acids is 1. The molecule has 92 valence electrons. The first-order valence-corrected chi connectivity index (χ1v) is 4.86. The van der Waals surface area contributed by atoms with E-state index in [0.29, 0.717) is 11.1 Å². The van der Waals surface area contributed by atoms with Crippen molar-refractivity contribution in [2.24, 2.45) is 0 Å². The van der Waals surface area contributed by atoms with Gasteiger partial charge in [-0.25, -0.2) is 4.79 Å². The smallest absolute Gasteiger partial charge is 0.328 e. The standard InChI is InChI=1S/C12H14O5/c1-7-8(4-5-10(13)14)6-9(16-2)11(15)12(7)17-3/h4-6,15H,1-3H3,(H,13,14). The summed E-state index contributed by atoms with van der Waals surface area (Å²) in [6.45, 7) is 1.72. The van der Waals surface area contributed by atoms with Gasteiger partial charge in [-0.15, -0.1) is 0 Å². The molecular formula is C12H14O5. The highest BCUT2D eigenvalue weighted by molar-refractivity contribution is 5.86. The molecule has 0 bridgehead atoms. The number of carboxylic acids is 1. The van der Waals surface area contributed by atoms with Crippen molar-refractivity contribution in [1.29, 1.82) is 0 Å². The summed E-state index contributed by atoms with van der Waals surface area (Å²) in [6.07, 6.45) is 2.43. The van der Waals surface area contributed by atoms with Crippen molar-refractivity contribution in [1.82, 2.24) is 0 Å². The lowest BCUT2D eigenvalue weighted by Gasteiger charge is -2.13. The second-order valence-electron chi connectivity index (χ2n) is 3.35. The highest BCUT2D eigenvalue weighted by Gasteiger charge is 2.14. The SMILES string of the molecule is COc1cc(C=CC(=O)O)c(C)c(OC)c1O. The molecular weight excluding hydrogens is 224 g/mol. The minimum atomic E-state index is -1.05. The van der Waals surface area contributed by atoms with Gasteiger partial charge in [0.25, 0.3) is 0 Å². The molecule has 1 aromatic rings. The zero-order chi connectivity index (χ0) is 13.0. The van der Waals surface area contributed by atoms with Crippen LogP contribution < -0.4 is 9.47 Å². The van der Waals surface area contributed by atoms with Gasteiger partial charge in [-0.3, -0.25) is 0 Å². The van der Waals surface area contributed by atoms with Gasteiger partial charge in [0.05, 0.1) is 14.2 Å². The Bertz CT molecular complexity index is 462. The molecule has 0 aromatic heterocycles. The van der Waals surface area contributed by atoms with E-state index in [1.54, 1.807) is 13.0 Å². The van der Waals surface area contributed by atoms with Gasteiger partial charge in [-0.05, 0) is 24.6 Å². The first kappa shape index (κ1) is 12.9. The second-order valence-corrected chi connectivity index (χ2v) is 3.35. The van der Waals surface area contributed by atoms with E-state index in [0.717, 1.165) is 6.08 Å². The lowest BCUT2D eigenvalue weighted by molar-refractivity contribution is -0.131. The number of methoxy groups -OCH3 is 2. The zero-order valence-electron chi connectivity index (χ0n) is 9.85. The Morgan fingerprint density at radius 3 is 2.47 bits per heavy atom. The monoisotopic (exact) mass is 238 g/mol. The van der Waals surface area contributed by atoms with Gasteiger partial charge in [0.2, 0.25) is 5.75 Å². The van der Waals surface area contributed by atoms with E-state index < -0.39 is 5.97 Å². The average Bonchev–Trinajstić information content (AvgIpc) is 2.28. The summed E-state index contributed by atoms with van der Waals surface area (Å²) in [4.78, 5) is 10.5. The molecule has 0 heterocycles. The summed E-state index contributed by atoms with van der Waals surface area (Å²) in [5.74, 6) is -0.637. The Labute approximate surface area is 98.9 Å². The number of benzene rings is 1. The molecule has 5 heteroatoms. The third-order valence-corrected chi connectivity index (χ3v) is 2.34. The van der Waals surface area contributed by atoms with Crippen molar-refractivity contribution in [2.45, 2.75) is 6.92 Å². The third kappa shape index (κ3) is 2.69. The van der Waals surface area contributed by atoms with E-state index in [4.69, 9.17) is 14.6 Å². The molecule has 1 rings (SSSR count). The molecule has 0 aliphatic carbocycles. The summed E-state index contributed by atoms with van der Waals surface area (Å²) in [6, 6.07) is 1.55. The van der Waals surface area contributed by atoms with Crippen LogP contribution in [0.2, 0.25) is 0 Å². The largest absolute Gasteiger partial charge is 0.502 e. The predicted molar refractivity (Wildman–Crippen MR) is 62.6 cm³/mol. The molecule has 0 aliphatic rings. The van der Waals surface area contributed by atoms with Gasteiger partial charge in [0.1, 0.15) is 0 Å². The van der Waals surface area contributed by atoms with Crippen LogP contribution in [-0.2, 0) is 4.79 Å².